The molecule has 1 amide bonds. The minimum Gasteiger partial charge on any atom is -0.486 e. The summed E-state index contributed by atoms with van der Waals surface area (Å²) in [5.74, 6) is 2.67. The maximum Gasteiger partial charge on any atom is 0.319 e. The molecule has 45 heavy (non-hydrogen) atoms. The van der Waals surface area contributed by atoms with Crippen LogP contribution in [-0.2, 0) is 11.2 Å². The standard InChI is InChI=1S/C35H39N7O3/c1-3-30(43)42-15-14-41(19-22(42)11-12-36)34-29-18-37-31(26-8-4-7-25-27-16-21(27)17-28(25)26)33(45-24-9-10-24)32(29)38-35(39-34)44-20-23-6-5-13-40(23)2/h3-4,7-8,18,21-24,27H,1,5-6,9-11,13-17,19-20H2,2H3/t21-,22-,23-,27-/m0/s1. The first kappa shape index (κ1) is 28.3. The zero-order valence-corrected chi connectivity index (χ0v) is 25.8. The van der Waals surface area contributed by atoms with E-state index < -0.39 is 0 Å². The number of hydrogen-bond acceptors (Lipinski definition) is 9. The molecule has 4 atom stereocenters. The highest BCUT2D eigenvalue weighted by atomic mass is 16.5. The number of hydrogen-bond donors (Lipinski definition) is 0. The van der Waals surface area contributed by atoms with E-state index in [9.17, 15) is 10.1 Å². The Hall–Kier alpha value is -4.23. The summed E-state index contributed by atoms with van der Waals surface area (Å²) >= 11 is 0. The fraction of sp³-hybridized carbons (Fsp3) is 0.514. The van der Waals surface area contributed by atoms with Crippen molar-refractivity contribution in [2.45, 2.75) is 69.1 Å². The van der Waals surface area contributed by atoms with Gasteiger partial charge >= 0.3 is 6.01 Å². The zero-order valence-electron chi connectivity index (χ0n) is 25.8. The van der Waals surface area contributed by atoms with E-state index >= 15 is 0 Å². The van der Waals surface area contributed by atoms with Gasteiger partial charge in [-0.05, 0) is 81.2 Å². The molecule has 2 aromatic heterocycles. The second-order valence-electron chi connectivity index (χ2n) is 13.3. The molecule has 232 valence electrons. The number of amides is 1. The van der Waals surface area contributed by atoms with Gasteiger partial charge in [-0.25, -0.2) is 0 Å². The van der Waals surface area contributed by atoms with Crippen molar-refractivity contribution in [3.8, 4) is 29.1 Å². The predicted octanol–water partition coefficient (Wildman–Crippen LogP) is 4.48. The molecular weight excluding hydrogens is 566 g/mol. The maximum absolute atomic E-state index is 12.6. The molecule has 4 heterocycles. The van der Waals surface area contributed by atoms with Crippen LogP contribution in [0.2, 0.25) is 0 Å². The highest BCUT2D eigenvalue weighted by Gasteiger charge is 2.46. The number of likely N-dealkylation sites (tertiary alicyclic amines) is 1. The Morgan fingerprint density at radius 1 is 1.18 bits per heavy atom. The van der Waals surface area contributed by atoms with Crippen LogP contribution in [0.15, 0.2) is 37.1 Å². The number of carbonyl (C=O) groups is 1. The number of likely N-dealkylation sites (N-methyl/N-ethyl adjacent to an activating group) is 1. The minimum atomic E-state index is -0.288. The van der Waals surface area contributed by atoms with Gasteiger partial charge in [0.05, 0.1) is 30.0 Å². The highest BCUT2D eigenvalue weighted by molar-refractivity contribution is 5.97. The van der Waals surface area contributed by atoms with E-state index in [2.05, 4.69) is 47.7 Å². The second-order valence-corrected chi connectivity index (χ2v) is 13.3. The van der Waals surface area contributed by atoms with Crippen molar-refractivity contribution >= 4 is 22.6 Å². The Morgan fingerprint density at radius 2 is 2.07 bits per heavy atom. The molecular formula is C35H39N7O3. The third kappa shape index (κ3) is 5.17. The number of rotatable bonds is 9. The largest absolute Gasteiger partial charge is 0.486 e. The Labute approximate surface area is 263 Å². The summed E-state index contributed by atoms with van der Waals surface area (Å²) in [7, 11) is 2.13. The predicted molar refractivity (Wildman–Crippen MR) is 170 cm³/mol. The summed E-state index contributed by atoms with van der Waals surface area (Å²) in [6.07, 6.45) is 10.2. The molecule has 5 aliphatic rings. The minimum absolute atomic E-state index is 0.143. The second kappa shape index (κ2) is 11.3. The van der Waals surface area contributed by atoms with Gasteiger partial charge in [0, 0.05) is 37.4 Å². The van der Waals surface area contributed by atoms with Crippen LogP contribution in [0.4, 0.5) is 5.82 Å². The van der Waals surface area contributed by atoms with Crippen molar-refractivity contribution in [2.24, 2.45) is 5.92 Å². The zero-order chi connectivity index (χ0) is 30.7. The Balaban J connectivity index is 1.24. The molecule has 2 saturated carbocycles. The van der Waals surface area contributed by atoms with Crippen LogP contribution in [0.25, 0.3) is 22.2 Å². The number of aromatic nitrogens is 3. The normalized spacial score (nSPS) is 25.5. The van der Waals surface area contributed by atoms with Gasteiger partial charge in [0.15, 0.2) is 5.75 Å². The molecule has 2 saturated heterocycles. The van der Waals surface area contributed by atoms with Gasteiger partial charge in [0.25, 0.3) is 0 Å². The quantitative estimate of drug-likeness (QED) is 0.326. The van der Waals surface area contributed by atoms with Crippen molar-refractivity contribution < 1.29 is 14.3 Å². The van der Waals surface area contributed by atoms with Crippen molar-refractivity contribution in [1.82, 2.24) is 24.8 Å². The van der Waals surface area contributed by atoms with Crippen molar-refractivity contribution in [3.63, 3.8) is 0 Å². The van der Waals surface area contributed by atoms with Gasteiger partial charge < -0.3 is 24.2 Å². The molecule has 0 N–H and O–H groups in total. The van der Waals surface area contributed by atoms with Gasteiger partial charge in [-0.1, -0.05) is 24.8 Å². The van der Waals surface area contributed by atoms with E-state index in [4.69, 9.17) is 24.4 Å². The number of piperazine rings is 1. The smallest absolute Gasteiger partial charge is 0.319 e. The van der Waals surface area contributed by atoms with Crippen LogP contribution in [-0.4, -0.2) is 88.7 Å². The third-order valence-corrected chi connectivity index (χ3v) is 10.4. The molecule has 8 rings (SSSR count). The molecule has 3 aromatic rings. The van der Waals surface area contributed by atoms with E-state index in [0.717, 1.165) is 61.2 Å². The van der Waals surface area contributed by atoms with Crippen LogP contribution in [0.5, 0.6) is 11.8 Å². The van der Waals surface area contributed by atoms with E-state index in [1.54, 1.807) is 4.90 Å². The van der Waals surface area contributed by atoms with Crippen LogP contribution >= 0.6 is 0 Å². The van der Waals surface area contributed by atoms with E-state index in [1.165, 1.54) is 23.6 Å². The van der Waals surface area contributed by atoms with Gasteiger partial charge in [-0.15, -0.1) is 0 Å². The monoisotopic (exact) mass is 605 g/mol. The third-order valence-electron chi connectivity index (χ3n) is 10.4. The number of ether oxygens (including phenoxy) is 2. The first-order valence-corrected chi connectivity index (χ1v) is 16.4. The summed E-state index contributed by atoms with van der Waals surface area (Å²) in [6, 6.07) is 9.21. The Kier molecular flexibility index (Phi) is 7.09. The summed E-state index contributed by atoms with van der Waals surface area (Å²) in [5.41, 5.74) is 5.53. The number of pyridine rings is 1. The average molecular weight is 606 g/mol. The Bertz CT molecular complexity index is 1720. The van der Waals surface area contributed by atoms with Gasteiger partial charge in [0.1, 0.15) is 23.6 Å². The molecule has 0 spiro atoms. The molecule has 0 radical (unpaired) electrons. The summed E-state index contributed by atoms with van der Waals surface area (Å²) in [6.45, 7) is 6.70. The van der Waals surface area contributed by atoms with E-state index in [-0.39, 0.29) is 24.5 Å². The van der Waals surface area contributed by atoms with E-state index in [0.29, 0.717) is 61.3 Å². The van der Waals surface area contributed by atoms with Crippen molar-refractivity contribution in [3.05, 3.63) is 48.2 Å². The van der Waals surface area contributed by atoms with Crippen LogP contribution < -0.4 is 14.4 Å². The van der Waals surface area contributed by atoms with Gasteiger partial charge in [-0.3, -0.25) is 9.78 Å². The fourth-order valence-corrected chi connectivity index (χ4v) is 7.60. The highest BCUT2D eigenvalue weighted by Crippen LogP contribution is 2.58. The number of anilines is 1. The van der Waals surface area contributed by atoms with Crippen molar-refractivity contribution in [1.29, 1.82) is 5.26 Å². The fourth-order valence-electron chi connectivity index (χ4n) is 7.60. The van der Waals surface area contributed by atoms with Gasteiger partial charge in [-0.2, -0.15) is 15.2 Å². The SMILES string of the molecule is C=CC(=O)N1CCN(c2nc(OC[C@@H]3CCCN3C)nc3c(OC4CC4)c(-c4cccc5c4C[C@@H]4C[C@H]54)ncc23)C[C@@H]1CC#N. The van der Waals surface area contributed by atoms with Crippen LogP contribution in [0.1, 0.15) is 55.6 Å². The molecule has 10 heteroatoms. The van der Waals surface area contributed by atoms with Gasteiger partial charge in [0.2, 0.25) is 5.91 Å². The number of benzene rings is 1. The lowest BCUT2D eigenvalue weighted by molar-refractivity contribution is -0.128. The summed E-state index contributed by atoms with van der Waals surface area (Å²) in [5, 5.41) is 10.4. The Morgan fingerprint density at radius 3 is 2.84 bits per heavy atom. The maximum atomic E-state index is 12.6. The number of nitriles is 1. The first-order valence-electron chi connectivity index (χ1n) is 16.4. The first-order chi connectivity index (χ1) is 22.0. The molecule has 1 aromatic carbocycles. The summed E-state index contributed by atoms with van der Waals surface area (Å²) in [4.78, 5) is 33.9. The molecule has 3 aliphatic carbocycles. The summed E-state index contributed by atoms with van der Waals surface area (Å²) < 4.78 is 13.1. The van der Waals surface area contributed by atoms with Crippen molar-refractivity contribution in [2.75, 3.05) is 44.7 Å². The lowest BCUT2D eigenvalue weighted by Crippen LogP contribution is -2.55. The molecule has 4 fully saturated rings. The molecule has 10 nitrogen and oxygen atoms in total. The lowest BCUT2D eigenvalue weighted by Gasteiger charge is -2.41. The molecule has 2 aliphatic heterocycles. The molecule has 0 bridgehead atoms. The molecule has 0 unspecified atom stereocenters. The number of nitrogens with zero attached hydrogens (tertiary/aromatic N) is 7. The number of carbonyl (C=O) groups excluding carboxylic acids is 1. The average Bonchev–Trinajstić information content (AvgIpc) is 3.97. The topological polar surface area (TPSA) is 108 Å². The lowest BCUT2D eigenvalue weighted by atomic mass is 9.96. The van der Waals surface area contributed by atoms with E-state index in [1.807, 2.05) is 6.20 Å². The number of fused-ring (bicyclic) bond motifs is 4. The van der Waals surface area contributed by atoms with Crippen LogP contribution in [0.3, 0.4) is 0 Å². The van der Waals surface area contributed by atoms with Crippen LogP contribution in [0, 0.1) is 17.2 Å².